The summed E-state index contributed by atoms with van der Waals surface area (Å²) in [7, 11) is 4.04. The second-order valence-corrected chi connectivity index (χ2v) is 9.36. The van der Waals surface area contributed by atoms with Crippen LogP contribution in [0.4, 0.5) is 5.69 Å². The molecule has 0 N–H and O–H groups in total. The second kappa shape index (κ2) is 10.8. The molecule has 1 amide bonds. The molecule has 1 fully saturated rings. The number of tetrazole rings is 1. The molecular formula is C24H30N6O2S. The molecule has 2 aromatic carbocycles. The van der Waals surface area contributed by atoms with Crippen molar-refractivity contribution in [3.63, 3.8) is 0 Å². The first-order valence-electron chi connectivity index (χ1n) is 11.1. The zero-order valence-corrected chi connectivity index (χ0v) is 20.2. The maximum absolute atomic E-state index is 13.3. The average Bonchev–Trinajstić information content (AvgIpc) is 3.50. The summed E-state index contributed by atoms with van der Waals surface area (Å²) >= 11 is 1.36. The van der Waals surface area contributed by atoms with Gasteiger partial charge in [0.25, 0.3) is 0 Å². The molecule has 33 heavy (non-hydrogen) atoms. The molecule has 0 bridgehead atoms. The molecule has 2 heterocycles. The van der Waals surface area contributed by atoms with Gasteiger partial charge in [-0.1, -0.05) is 42.1 Å². The number of nitrogens with zero attached hydrogens (tertiary/aromatic N) is 6. The van der Waals surface area contributed by atoms with E-state index in [0.29, 0.717) is 18.2 Å². The normalized spacial score (nSPS) is 15.5. The van der Waals surface area contributed by atoms with Crippen molar-refractivity contribution in [1.29, 1.82) is 0 Å². The number of para-hydroxylation sites is 1. The van der Waals surface area contributed by atoms with Gasteiger partial charge >= 0.3 is 0 Å². The summed E-state index contributed by atoms with van der Waals surface area (Å²) in [4.78, 5) is 17.2. The van der Waals surface area contributed by atoms with Crippen LogP contribution in [-0.2, 0) is 16.1 Å². The fraction of sp³-hybridized carbons (Fsp3) is 0.417. The summed E-state index contributed by atoms with van der Waals surface area (Å²) in [5, 5.41) is 12.7. The molecule has 9 heteroatoms. The average molecular weight is 467 g/mol. The third-order valence-electron chi connectivity index (χ3n) is 5.74. The molecule has 1 aliphatic heterocycles. The van der Waals surface area contributed by atoms with Crippen molar-refractivity contribution >= 4 is 23.4 Å². The van der Waals surface area contributed by atoms with Crippen LogP contribution in [-0.4, -0.2) is 70.1 Å². The lowest BCUT2D eigenvalue weighted by Crippen LogP contribution is -2.38. The highest BCUT2D eigenvalue weighted by Gasteiger charge is 2.24. The van der Waals surface area contributed by atoms with Crippen LogP contribution < -0.4 is 4.90 Å². The zero-order valence-electron chi connectivity index (χ0n) is 19.3. The summed E-state index contributed by atoms with van der Waals surface area (Å²) in [5.41, 5.74) is 4.21. The first-order valence-corrected chi connectivity index (χ1v) is 12.1. The van der Waals surface area contributed by atoms with E-state index in [0.717, 1.165) is 42.0 Å². The maximum atomic E-state index is 13.3. The highest BCUT2D eigenvalue weighted by molar-refractivity contribution is 7.99. The highest BCUT2D eigenvalue weighted by Crippen LogP contribution is 2.22. The van der Waals surface area contributed by atoms with E-state index in [1.54, 1.807) is 4.68 Å². The number of amides is 1. The molecule has 4 rings (SSSR count). The van der Waals surface area contributed by atoms with E-state index in [9.17, 15) is 4.79 Å². The van der Waals surface area contributed by atoms with Gasteiger partial charge in [-0.3, -0.25) is 4.79 Å². The molecule has 8 nitrogen and oxygen atoms in total. The number of aromatic nitrogens is 4. The molecule has 0 saturated carbocycles. The van der Waals surface area contributed by atoms with Gasteiger partial charge < -0.3 is 14.5 Å². The lowest BCUT2D eigenvalue weighted by molar-refractivity contribution is -0.130. The minimum absolute atomic E-state index is 0.0477. The lowest BCUT2D eigenvalue weighted by atomic mass is 10.1. The summed E-state index contributed by atoms with van der Waals surface area (Å²) in [5.74, 6) is 0.306. The van der Waals surface area contributed by atoms with Crippen LogP contribution in [0, 0.1) is 6.92 Å². The van der Waals surface area contributed by atoms with Crippen LogP contribution in [0.1, 0.15) is 24.0 Å². The van der Waals surface area contributed by atoms with E-state index in [1.165, 1.54) is 11.8 Å². The molecule has 1 aromatic heterocycles. The standard InChI is InChI=1S/C24H30N6O2S/c1-18-7-4-5-9-22(18)30-24(25-26-27-30)33-17-23(31)29(16-21-8-6-14-32-21)15-19-10-12-20(13-11-19)28(2)3/h4-5,7,9-13,21H,6,8,14-17H2,1-3H3/t21-/m0/s1. The number of carbonyl (C=O) groups excluding carboxylic acids is 1. The molecule has 0 radical (unpaired) electrons. The molecule has 0 aliphatic carbocycles. The Bertz CT molecular complexity index is 1060. The van der Waals surface area contributed by atoms with E-state index < -0.39 is 0 Å². The third kappa shape index (κ3) is 5.91. The van der Waals surface area contributed by atoms with E-state index in [-0.39, 0.29) is 17.8 Å². The molecule has 1 aliphatic rings. The molecular weight excluding hydrogens is 436 g/mol. The van der Waals surface area contributed by atoms with Crippen LogP contribution in [0.5, 0.6) is 0 Å². The number of rotatable bonds is 9. The molecule has 1 atom stereocenters. The number of hydrogen-bond acceptors (Lipinski definition) is 7. The van der Waals surface area contributed by atoms with Gasteiger partial charge in [-0.05, 0) is 59.5 Å². The Hall–Kier alpha value is -2.91. The lowest BCUT2D eigenvalue weighted by Gasteiger charge is -2.26. The number of thioether (sulfide) groups is 1. The minimum atomic E-state index is 0.0477. The van der Waals surface area contributed by atoms with Crippen LogP contribution in [0.25, 0.3) is 5.69 Å². The van der Waals surface area contributed by atoms with E-state index in [2.05, 4.69) is 44.7 Å². The summed E-state index contributed by atoms with van der Waals surface area (Å²) in [6, 6.07) is 16.2. The number of aryl methyl sites for hydroxylation is 1. The number of anilines is 1. The fourth-order valence-electron chi connectivity index (χ4n) is 3.85. The first-order chi connectivity index (χ1) is 16.0. The Morgan fingerprint density at radius 2 is 1.97 bits per heavy atom. The van der Waals surface area contributed by atoms with Crippen LogP contribution in [0.2, 0.25) is 0 Å². The predicted molar refractivity (Wildman–Crippen MR) is 130 cm³/mol. The Morgan fingerprint density at radius 3 is 2.67 bits per heavy atom. The van der Waals surface area contributed by atoms with Crippen LogP contribution in [0.15, 0.2) is 53.7 Å². The molecule has 3 aromatic rings. The summed E-state index contributed by atoms with van der Waals surface area (Å²) < 4.78 is 7.51. The van der Waals surface area contributed by atoms with Crippen molar-refractivity contribution in [2.45, 2.75) is 37.6 Å². The van der Waals surface area contributed by atoms with Gasteiger partial charge in [0.2, 0.25) is 11.1 Å². The number of carbonyl (C=O) groups is 1. The van der Waals surface area contributed by atoms with Gasteiger partial charge in [0.15, 0.2) is 0 Å². The largest absolute Gasteiger partial charge is 0.378 e. The van der Waals surface area contributed by atoms with Crippen molar-refractivity contribution in [2.24, 2.45) is 0 Å². The van der Waals surface area contributed by atoms with Gasteiger partial charge in [0, 0.05) is 39.5 Å². The smallest absolute Gasteiger partial charge is 0.233 e. The van der Waals surface area contributed by atoms with E-state index in [1.807, 2.05) is 50.2 Å². The topological polar surface area (TPSA) is 76.4 Å². The summed E-state index contributed by atoms with van der Waals surface area (Å²) in [6.07, 6.45) is 2.13. The quantitative estimate of drug-likeness (QED) is 0.448. The van der Waals surface area contributed by atoms with E-state index in [4.69, 9.17) is 4.74 Å². The summed E-state index contributed by atoms with van der Waals surface area (Å²) in [6.45, 7) is 3.93. The second-order valence-electron chi connectivity index (χ2n) is 8.42. The zero-order chi connectivity index (χ0) is 23.2. The van der Waals surface area contributed by atoms with Crippen molar-refractivity contribution < 1.29 is 9.53 Å². The fourth-order valence-corrected chi connectivity index (χ4v) is 4.63. The van der Waals surface area contributed by atoms with Gasteiger partial charge in [0.05, 0.1) is 17.5 Å². The van der Waals surface area contributed by atoms with Crippen molar-refractivity contribution in [3.05, 3.63) is 59.7 Å². The molecule has 0 unspecified atom stereocenters. The van der Waals surface area contributed by atoms with Crippen LogP contribution >= 0.6 is 11.8 Å². The Balaban J connectivity index is 1.45. The van der Waals surface area contributed by atoms with Crippen molar-refractivity contribution in [3.8, 4) is 5.69 Å². The van der Waals surface area contributed by atoms with Gasteiger partial charge in [-0.25, -0.2) is 0 Å². The first kappa shape index (κ1) is 23.3. The maximum Gasteiger partial charge on any atom is 0.233 e. The SMILES string of the molecule is Cc1ccccc1-n1nnnc1SCC(=O)N(Cc1ccc(N(C)C)cc1)C[C@@H]1CCCO1. The monoisotopic (exact) mass is 466 g/mol. The Kier molecular flexibility index (Phi) is 7.61. The van der Waals surface area contributed by atoms with Gasteiger partial charge in [-0.2, -0.15) is 4.68 Å². The van der Waals surface area contributed by atoms with Gasteiger partial charge in [0.1, 0.15) is 0 Å². The number of ether oxygens (including phenoxy) is 1. The highest BCUT2D eigenvalue weighted by atomic mass is 32.2. The van der Waals surface area contributed by atoms with Crippen molar-refractivity contribution in [2.75, 3.05) is 37.9 Å². The minimum Gasteiger partial charge on any atom is -0.378 e. The Morgan fingerprint density at radius 1 is 1.18 bits per heavy atom. The molecule has 0 spiro atoms. The molecule has 174 valence electrons. The molecule has 1 saturated heterocycles. The Labute approximate surface area is 198 Å². The predicted octanol–water partition coefficient (Wildman–Crippen LogP) is 3.34. The van der Waals surface area contributed by atoms with Crippen molar-refractivity contribution in [1.82, 2.24) is 25.1 Å². The van der Waals surface area contributed by atoms with Gasteiger partial charge in [-0.15, -0.1) is 5.10 Å². The number of benzene rings is 2. The third-order valence-corrected chi connectivity index (χ3v) is 6.64. The van der Waals surface area contributed by atoms with E-state index >= 15 is 0 Å². The number of hydrogen-bond donors (Lipinski definition) is 0. The van der Waals surface area contributed by atoms with Crippen LogP contribution in [0.3, 0.4) is 0 Å².